The van der Waals surface area contributed by atoms with Gasteiger partial charge in [0.1, 0.15) is 5.75 Å². The summed E-state index contributed by atoms with van der Waals surface area (Å²) in [6.07, 6.45) is 0. The minimum Gasteiger partial charge on any atom is -0.496 e. The van der Waals surface area contributed by atoms with Gasteiger partial charge in [0.2, 0.25) is 0 Å². The highest BCUT2D eigenvalue weighted by molar-refractivity contribution is 6.45. The number of carbonyl (C=O) groups excluding carboxylic acids is 4. The van der Waals surface area contributed by atoms with Gasteiger partial charge in [0.05, 0.1) is 19.2 Å². The number of Topliss-reactive ketones (excluding diaryl/α,β-unsaturated/α-hetero) is 1. The normalized spacial score (nSPS) is 15.0. The van der Waals surface area contributed by atoms with Crippen LogP contribution in [0.1, 0.15) is 10.4 Å². The van der Waals surface area contributed by atoms with E-state index in [1.54, 1.807) is 18.2 Å². The summed E-state index contributed by atoms with van der Waals surface area (Å²) in [5.41, 5.74) is 0.248. The second-order valence-electron chi connectivity index (χ2n) is 4.16. The number of carbonyl (C=O) groups is 4. The van der Waals surface area contributed by atoms with Crippen molar-refractivity contribution >= 4 is 23.6 Å². The molecule has 0 bridgehead atoms. The van der Waals surface area contributed by atoms with Gasteiger partial charge in [0.25, 0.3) is 0 Å². The van der Waals surface area contributed by atoms with Gasteiger partial charge in [-0.05, 0) is 12.1 Å². The largest absolute Gasteiger partial charge is 0.496 e. The Morgan fingerprint density at radius 1 is 1.15 bits per heavy atom. The number of nitrogens with zero attached hydrogens (tertiary/aromatic N) is 2. The lowest BCUT2D eigenvalue weighted by molar-refractivity contribution is -0.142. The van der Waals surface area contributed by atoms with Crippen LogP contribution in [0.15, 0.2) is 24.3 Å². The van der Waals surface area contributed by atoms with Gasteiger partial charge in [0.15, 0.2) is 5.78 Å². The average Bonchev–Trinajstić information content (AvgIpc) is 2.65. The molecular formula is C13H12N2O5. The van der Waals surface area contributed by atoms with Gasteiger partial charge in [-0.25, -0.2) is 9.69 Å². The van der Waals surface area contributed by atoms with Gasteiger partial charge in [-0.3, -0.25) is 19.3 Å². The van der Waals surface area contributed by atoms with Crippen LogP contribution in [0.3, 0.4) is 0 Å². The first-order chi connectivity index (χ1) is 9.47. The van der Waals surface area contributed by atoms with Crippen LogP contribution in [0.4, 0.5) is 4.79 Å². The summed E-state index contributed by atoms with van der Waals surface area (Å²) in [5.74, 6) is -2.08. The maximum Gasteiger partial charge on any atom is 0.334 e. The highest BCUT2D eigenvalue weighted by atomic mass is 16.5. The van der Waals surface area contributed by atoms with Crippen LogP contribution in [0, 0.1) is 0 Å². The maximum atomic E-state index is 12.1. The van der Waals surface area contributed by atoms with Crippen molar-refractivity contribution in [3.05, 3.63) is 29.8 Å². The average molecular weight is 276 g/mol. The molecule has 1 aliphatic rings. The highest BCUT2D eigenvalue weighted by Crippen LogP contribution is 2.19. The summed E-state index contributed by atoms with van der Waals surface area (Å²) in [7, 11) is 2.60. The zero-order valence-electron chi connectivity index (χ0n) is 11.0. The second-order valence-corrected chi connectivity index (χ2v) is 4.16. The van der Waals surface area contributed by atoms with E-state index in [4.69, 9.17) is 4.74 Å². The van der Waals surface area contributed by atoms with Crippen molar-refractivity contribution in [2.24, 2.45) is 0 Å². The van der Waals surface area contributed by atoms with Crippen LogP contribution in [-0.4, -0.2) is 54.1 Å². The number of likely N-dealkylation sites (N-methyl/N-ethyl adjacent to an activating group) is 1. The van der Waals surface area contributed by atoms with E-state index >= 15 is 0 Å². The maximum absolute atomic E-state index is 12.1. The molecule has 7 heteroatoms. The fourth-order valence-corrected chi connectivity index (χ4v) is 1.86. The number of ether oxygens (including phenoxy) is 1. The molecule has 0 radical (unpaired) electrons. The Morgan fingerprint density at radius 2 is 1.80 bits per heavy atom. The third-order valence-electron chi connectivity index (χ3n) is 2.96. The zero-order chi connectivity index (χ0) is 14.9. The number of hydrogen-bond acceptors (Lipinski definition) is 5. The number of ketones is 1. The summed E-state index contributed by atoms with van der Waals surface area (Å²) >= 11 is 0. The Bertz CT molecular complexity index is 611. The lowest BCUT2D eigenvalue weighted by Gasteiger charge is -2.13. The fourth-order valence-electron chi connectivity index (χ4n) is 1.86. The monoisotopic (exact) mass is 276 g/mol. The zero-order valence-corrected chi connectivity index (χ0v) is 11.0. The first-order valence-corrected chi connectivity index (χ1v) is 5.77. The van der Waals surface area contributed by atoms with Crippen molar-refractivity contribution < 1.29 is 23.9 Å². The van der Waals surface area contributed by atoms with Crippen molar-refractivity contribution in [2.75, 3.05) is 20.7 Å². The van der Waals surface area contributed by atoms with E-state index in [0.29, 0.717) is 15.5 Å². The number of benzene rings is 1. The molecule has 1 aliphatic heterocycles. The Kier molecular flexibility index (Phi) is 3.51. The first kappa shape index (κ1) is 13.7. The molecule has 1 fully saturated rings. The van der Waals surface area contributed by atoms with Crippen LogP contribution in [0.25, 0.3) is 0 Å². The Balaban J connectivity index is 2.22. The van der Waals surface area contributed by atoms with E-state index in [0.717, 1.165) is 0 Å². The van der Waals surface area contributed by atoms with Crippen LogP contribution in [0.2, 0.25) is 0 Å². The molecule has 4 amide bonds. The predicted octanol–water partition coefficient (Wildman–Crippen LogP) is 0.298. The molecular weight excluding hydrogens is 264 g/mol. The summed E-state index contributed by atoms with van der Waals surface area (Å²) in [6.45, 7) is -0.492. The molecule has 0 saturated carbocycles. The van der Waals surface area contributed by atoms with E-state index in [2.05, 4.69) is 0 Å². The van der Waals surface area contributed by atoms with Gasteiger partial charge >= 0.3 is 17.8 Å². The second kappa shape index (κ2) is 5.12. The molecule has 7 nitrogen and oxygen atoms in total. The van der Waals surface area contributed by atoms with Gasteiger partial charge in [-0.1, -0.05) is 12.1 Å². The van der Waals surface area contributed by atoms with Crippen LogP contribution < -0.4 is 4.74 Å². The van der Waals surface area contributed by atoms with Crippen LogP contribution in [0.5, 0.6) is 5.75 Å². The van der Waals surface area contributed by atoms with Crippen molar-refractivity contribution in [3.8, 4) is 5.75 Å². The quantitative estimate of drug-likeness (QED) is 0.448. The van der Waals surface area contributed by atoms with E-state index in [1.807, 2.05) is 0 Å². The summed E-state index contributed by atoms with van der Waals surface area (Å²) < 4.78 is 5.04. The highest BCUT2D eigenvalue weighted by Gasteiger charge is 2.43. The first-order valence-electron chi connectivity index (χ1n) is 5.77. The molecule has 1 aromatic carbocycles. The van der Waals surface area contributed by atoms with Crippen molar-refractivity contribution in [2.45, 2.75) is 0 Å². The van der Waals surface area contributed by atoms with Crippen LogP contribution >= 0.6 is 0 Å². The smallest absolute Gasteiger partial charge is 0.334 e. The molecule has 2 rings (SSSR count). The minimum absolute atomic E-state index is 0.248. The van der Waals surface area contributed by atoms with E-state index in [9.17, 15) is 19.2 Å². The number of imide groups is 2. The molecule has 1 heterocycles. The third-order valence-corrected chi connectivity index (χ3v) is 2.96. The summed E-state index contributed by atoms with van der Waals surface area (Å²) in [4.78, 5) is 48.0. The Morgan fingerprint density at radius 3 is 2.35 bits per heavy atom. The third kappa shape index (κ3) is 2.13. The molecule has 104 valence electrons. The Labute approximate surface area is 114 Å². The molecule has 20 heavy (non-hydrogen) atoms. The topological polar surface area (TPSA) is 84.0 Å². The molecule has 0 atom stereocenters. The molecule has 1 saturated heterocycles. The molecule has 0 spiro atoms. The number of amides is 4. The van der Waals surface area contributed by atoms with Crippen molar-refractivity contribution in [3.63, 3.8) is 0 Å². The Hall–Kier alpha value is -2.70. The van der Waals surface area contributed by atoms with Crippen LogP contribution in [-0.2, 0) is 9.59 Å². The van der Waals surface area contributed by atoms with Gasteiger partial charge in [0, 0.05) is 7.05 Å². The van der Waals surface area contributed by atoms with Gasteiger partial charge in [-0.15, -0.1) is 0 Å². The standard InChI is InChI=1S/C13H12N2O5/c1-14-11(17)12(18)15(13(14)19)7-9(16)8-5-3-4-6-10(8)20-2/h3-6H,7H2,1-2H3. The predicted molar refractivity (Wildman–Crippen MR) is 67.2 cm³/mol. The van der Waals surface area contributed by atoms with Crippen molar-refractivity contribution in [1.29, 1.82) is 0 Å². The van der Waals surface area contributed by atoms with E-state index in [1.165, 1.54) is 20.2 Å². The lowest BCUT2D eigenvalue weighted by atomic mass is 10.1. The number of hydrogen-bond donors (Lipinski definition) is 0. The van der Waals surface area contributed by atoms with E-state index < -0.39 is 30.2 Å². The minimum atomic E-state index is -0.999. The molecule has 0 aromatic heterocycles. The molecule has 0 aliphatic carbocycles. The number of rotatable bonds is 4. The molecule has 1 aromatic rings. The number of urea groups is 1. The fraction of sp³-hybridized carbons (Fsp3) is 0.231. The van der Waals surface area contributed by atoms with Crippen molar-refractivity contribution in [1.82, 2.24) is 9.80 Å². The lowest BCUT2D eigenvalue weighted by Crippen LogP contribution is -2.36. The summed E-state index contributed by atoms with van der Waals surface area (Å²) in [5, 5.41) is 0. The van der Waals surface area contributed by atoms with Gasteiger partial charge < -0.3 is 4.74 Å². The van der Waals surface area contributed by atoms with Gasteiger partial charge in [-0.2, -0.15) is 0 Å². The molecule has 0 N–H and O–H groups in total. The summed E-state index contributed by atoms with van der Waals surface area (Å²) in [6, 6.07) is 5.65. The SMILES string of the molecule is COc1ccccc1C(=O)CN1C(=O)C(=O)N(C)C1=O. The van der Waals surface area contributed by atoms with E-state index in [-0.39, 0.29) is 5.56 Å². The molecule has 0 unspecified atom stereocenters. The number of methoxy groups -OCH3 is 1. The number of para-hydroxylation sites is 1.